The predicted molar refractivity (Wildman–Crippen MR) is 57.4 cm³/mol. The molecule has 1 aliphatic carbocycles. The second-order valence-electron chi connectivity index (χ2n) is 3.44. The van der Waals surface area contributed by atoms with Gasteiger partial charge < -0.3 is 0 Å². The Bertz CT molecular complexity index is 461. The maximum absolute atomic E-state index is 2.16. The van der Waals surface area contributed by atoms with Crippen LogP contribution in [0.5, 0.6) is 0 Å². The van der Waals surface area contributed by atoms with Gasteiger partial charge in [0.15, 0.2) is 0 Å². The van der Waals surface area contributed by atoms with Crippen molar-refractivity contribution in [3.8, 4) is 0 Å². The van der Waals surface area contributed by atoms with Gasteiger partial charge in [-0.3, -0.25) is 0 Å². The lowest BCUT2D eigenvalue weighted by Gasteiger charge is -1.98. The lowest BCUT2D eigenvalue weighted by atomic mass is 10.1. The lowest BCUT2D eigenvalue weighted by Crippen LogP contribution is -2.28. The molecule has 0 bridgehead atoms. The Morgan fingerprint density at radius 3 is 2.77 bits per heavy atom. The van der Waals surface area contributed by atoms with E-state index in [2.05, 4.69) is 56.7 Å². The summed E-state index contributed by atoms with van der Waals surface area (Å²) in [5.41, 5.74) is 2.70. The molecule has 0 aliphatic heterocycles. The van der Waals surface area contributed by atoms with Crippen LogP contribution in [0.1, 0.15) is 12.5 Å². The van der Waals surface area contributed by atoms with Crippen LogP contribution < -0.4 is 10.4 Å². The van der Waals surface area contributed by atoms with Crippen molar-refractivity contribution in [2.24, 2.45) is 0 Å². The largest absolute Gasteiger partial charge is 0.0764 e. The molecule has 1 aliphatic rings. The maximum atomic E-state index is 2.16. The molecular formula is C13H13. The van der Waals surface area contributed by atoms with Gasteiger partial charge in [-0.25, -0.2) is 0 Å². The van der Waals surface area contributed by atoms with Gasteiger partial charge in [0.05, 0.1) is 0 Å². The normalized spacial score (nSPS) is 14.8. The highest BCUT2D eigenvalue weighted by Gasteiger charge is 1.96. The van der Waals surface area contributed by atoms with Crippen LogP contribution in [0.4, 0.5) is 0 Å². The van der Waals surface area contributed by atoms with Crippen LogP contribution in [0.15, 0.2) is 30.4 Å². The summed E-state index contributed by atoms with van der Waals surface area (Å²) in [6, 6.07) is 6.43. The molecule has 0 heteroatoms. The van der Waals surface area contributed by atoms with Crippen molar-refractivity contribution in [1.29, 1.82) is 0 Å². The minimum atomic E-state index is 1.32. The zero-order valence-electron chi connectivity index (χ0n) is 8.04. The Morgan fingerprint density at radius 1 is 1.08 bits per heavy atom. The molecule has 0 spiro atoms. The highest BCUT2D eigenvalue weighted by atomic mass is 14.0. The monoisotopic (exact) mass is 169 g/mol. The lowest BCUT2D eigenvalue weighted by molar-refractivity contribution is 1.35. The third kappa shape index (κ3) is 1.44. The third-order valence-corrected chi connectivity index (χ3v) is 2.43. The topological polar surface area (TPSA) is 0 Å². The molecule has 0 fully saturated rings. The zero-order chi connectivity index (χ0) is 9.26. The van der Waals surface area contributed by atoms with E-state index in [1.807, 2.05) is 0 Å². The van der Waals surface area contributed by atoms with E-state index in [0.29, 0.717) is 0 Å². The quantitative estimate of drug-likeness (QED) is 0.554. The smallest absolute Gasteiger partial charge is 0.00570 e. The second kappa shape index (κ2) is 3.21. The Labute approximate surface area is 78.9 Å². The van der Waals surface area contributed by atoms with Gasteiger partial charge in [-0.1, -0.05) is 36.4 Å². The Hall–Kier alpha value is -1.30. The average Bonchev–Trinajstić information content (AvgIpc) is 2.29. The van der Waals surface area contributed by atoms with E-state index in [4.69, 9.17) is 0 Å². The predicted octanol–water partition coefficient (Wildman–Crippen LogP) is 1.72. The van der Waals surface area contributed by atoms with E-state index in [0.717, 1.165) is 0 Å². The van der Waals surface area contributed by atoms with Gasteiger partial charge in [0.25, 0.3) is 0 Å². The van der Waals surface area contributed by atoms with Crippen LogP contribution in [0.3, 0.4) is 0 Å². The number of rotatable bonds is 0. The number of benzene rings is 1. The zero-order valence-corrected chi connectivity index (χ0v) is 8.04. The fraction of sp³-hybridized carbons (Fsp3) is 0.154. The molecule has 2 rings (SSSR count). The third-order valence-electron chi connectivity index (χ3n) is 2.43. The van der Waals surface area contributed by atoms with Gasteiger partial charge >= 0.3 is 0 Å². The van der Waals surface area contributed by atoms with Crippen molar-refractivity contribution >= 4 is 11.6 Å². The molecule has 0 aromatic heterocycles. The number of allylic oxidation sites excluding steroid dienone is 2. The van der Waals surface area contributed by atoms with Crippen LogP contribution in [0, 0.1) is 13.3 Å². The fourth-order valence-electron chi connectivity index (χ4n) is 1.81. The van der Waals surface area contributed by atoms with Gasteiger partial charge in [-0.05, 0) is 35.4 Å². The van der Waals surface area contributed by atoms with Crippen LogP contribution in [-0.4, -0.2) is 0 Å². The van der Waals surface area contributed by atoms with Crippen molar-refractivity contribution in [3.63, 3.8) is 0 Å². The first-order valence-corrected chi connectivity index (χ1v) is 4.57. The summed E-state index contributed by atoms with van der Waals surface area (Å²) >= 11 is 0. The van der Waals surface area contributed by atoms with Crippen molar-refractivity contribution in [2.45, 2.75) is 13.8 Å². The first-order chi connectivity index (χ1) is 6.29. The molecule has 0 amide bonds. The summed E-state index contributed by atoms with van der Waals surface area (Å²) in [5, 5.41) is 2.70. The molecule has 0 saturated heterocycles. The van der Waals surface area contributed by atoms with Gasteiger partial charge in [0.2, 0.25) is 0 Å². The molecule has 0 unspecified atom stereocenters. The summed E-state index contributed by atoms with van der Waals surface area (Å²) in [6.45, 7) is 4.32. The van der Waals surface area contributed by atoms with E-state index in [1.54, 1.807) is 0 Å². The minimum absolute atomic E-state index is 1.32. The summed E-state index contributed by atoms with van der Waals surface area (Å²) < 4.78 is 0. The number of aryl methyl sites for hydroxylation is 1. The van der Waals surface area contributed by atoms with Gasteiger partial charge in [-0.2, -0.15) is 0 Å². The number of fused-ring (bicyclic) bond motifs is 1. The van der Waals surface area contributed by atoms with Crippen LogP contribution in [0.25, 0.3) is 11.6 Å². The highest BCUT2D eigenvalue weighted by Crippen LogP contribution is 1.99. The molecule has 0 heterocycles. The maximum Gasteiger partial charge on any atom is 0.00570 e. The van der Waals surface area contributed by atoms with E-state index in [-0.39, 0.29) is 0 Å². The van der Waals surface area contributed by atoms with Crippen LogP contribution in [0.2, 0.25) is 0 Å². The van der Waals surface area contributed by atoms with Crippen molar-refractivity contribution < 1.29 is 0 Å². The Balaban J connectivity index is 2.96. The van der Waals surface area contributed by atoms with E-state index >= 15 is 0 Å². The average molecular weight is 169 g/mol. The van der Waals surface area contributed by atoms with Gasteiger partial charge in [0, 0.05) is 6.42 Å². The molecule has 13 heavy (non-hydrogen) atoms. The number of hydrogen-bond donors (Lipinski definition) is 0. The summed E-state index contributed by atoms with van der Waals surface area (Å²) in [6.07, 6.45) is 8.51. The van der Waals surface area contributed by atoms with Gasteiger partial charge in [-0.15, -0.1) is 0 Å². The first-order valence-electron chi connectivity index (χ1n) is 4.57. The molecule has 0 N–H and O–H groups in total. The highest BCUT2D eigenvalue weighted by molar-refractivity contribution is 5.61. The molecule has 0 saturated carbocycles. The summed E-state index contributed by atoms with van der Waals surface area (Å²) in [7, 11) is 0. The molecule has 1 radical (unpaired) electrons. The Kier molecular flexibility index (Phi) is 2.05. The van der Waals surface area contributed by atoms with Crippen LogP contribution in [-0.2, 0) is 0 Å². The van der Waals surface area contributed by atoms with Crippen molar-refractivity contribution in [1.82, 2.24) is 0 Å². The van der Waals surface area contributed by atoms with Gasteiger partial charge in [0.1, 0.15) is 0 Å². The first kappa shape index (κ1) is 8.31. The molecular weight excluding hydrogens is 156 g/mol. The molecule has 1 aromatic rings. The SMILES string of the molecule is CC1=c2c(C)cccc2=C[CH]C=C1. The van der Waals surface area contributed by atoms with Crippen LogP contribution >= 0.6 is 0 Å². The second-order valence-corrected chi connectivity index (χ2v) is 3.44. The number of hydrogen-bond acceptors (Lipinski definition) is 0. The fourth-order valence-corrected chi connectivity index (χ4v) is 1.81. The summed E-state index contributed by atoms with van der Waals surface area (Å²) in [5.74, 6) is 0. The van der Waals surface area contributed by atoms with E-state index in [1.165, 1.54) is 21.6 Å². The van der Waals surface area contributed by atoms with E-state index in [9.17, 15) is 0 Å². The molecule has 65 valence electrons. The van der Waals surface area contributed by atoms with Crippen molar-refractivity contribution in [3.05, 3.63) is 52.8 Å². The summed E-state index contributed by atoms with van der Waals surface area (Å²) in [4.78, 5) is 0. The molecule has 0 nitrogen and oxygen atoms in total. The standard InChI is InChI=1S/C13H13/c1-10-6-3-4-8-12-9-5-7-11(2)13(10)12/h3-9H,1-2H3. The Morgan fingerprint density at radius 2 is 1.92 bits per heavy atom. The molecule has 1 aromatic carbocycles. The molecule has 0 atom stereocenters. The van der Waals surface area contributed by atoms with Crippen molar-refractivity contribution in [2.75, 3.05) is 0 Å². The minimum Gasteiger partial charge on any atom is -0.0764 e. The van der Waals surface area contributed by atoms with E-state index < -0.39 is 0 Å².